The van der Waals surface area contributed by atoms with Crippen LogP contribution in [-0.2, 0) is 0 Å². The van der Waals surface area contributed by atoms with Crippen LogP contribution >= 0.6 is 0 Å². The minimum atomic E-state index is 0.679. The Kier molecular flexibility index (Phi) is 2.22. The van der Waals surface area contributed by atoms with E-state index in [1.807, 2.05) is 32.0 Å². The van der Waals surface area contributed by atoms with E-state index < -0.39 is 0 Å². The Morgan fingerprint density at radius 2 is 2.00 bits per heavy atom. The van der Waals surface area contributed by atoms with Crippen molar-refractivity contribution in [2.24, 2.45) is 0 Å². The van der Waals surface area contributed by atoms with E-state index in [4.69, 9.17) is 5.73 Å². The first-order chi connectivity index (χ1) is 8.65. The molecule has 0 radical (unpaired) electrons. The Morgan fingerprint density at radius 1 is 1.17 bits per heavy atom. The predicted molar refractivity (Wildman–Crippen MR) is 68.3 cm³/mol. The Balaban J connectivity index is 2.32. The maximum absolute atomic E-state index is 5.75. The molecule has 0 spiro atoms. The van der Waals surface area contributed by atoms with Crippen molar-refractivity contribution >= 4 is 16.6 Å². The quantitative estimate of drug-likeness (QED) is 0.650. The van der Waals surface area contributed by atoms with E-state index in [9.17, 15) is 0 Å². The molecule has 2 aromatic heterocycles. The summed E-state index contributed by atoms with van der Waals surface area (Å²) in [6.07, 6.45) is 1.51. The standard InChI is InChI=1S/C12H12N6/c1-7-16-8(2)18(17-7)12-10-4-3-9(13)5-11(10)14-6-15-12/h3-6H,13H2,1-2H3. The van der Waals surface area contributed by atoms with E-state index in [-0.39, 0.29) is 0 Å². The predicted octanol–water partition coefficient (Wildman–Crippen LogP) is 1.41. The van der Waals surface area contributed by atoms with E-state index in [1.165, 1.54) is 6.33 Å². The molecule has 2 N–H and O–H groups in total. The highest BCUT2D eigenvalue weighted by Gasteiger charge is 2.10. The summed E-state index contributed by atoms with van der Waals surface area (Å²) in [5, 5.41) is 5.24. The van der Waals surface area contributed by atoms with Crippen LogP contribution in [-0.4, -0.2) is 24.7 Å². The van der Waals surface area contributed by atoms with Crippen molar-refractivity contribution in [2.75, 3.05) is 5.73 Å². The lowest BCUT2D eigenvalue weighted by molar-refractivity contribution is 0.807. The molecule has 0 unspecified atom stereocenters. The molecule has 0 saturated heterocycles. The fourth-order valence-corrected chi connectivity index (χ4v) is 1.95. The van der Waals surface area contributed by atoms with E-state index in [0.29, 0.717) is 5.69 Å². The molecule has 0 amide bonds. The van der Waals surface area contributed by atoms with Crippen molar-refractivity contribution < 1.29 is 0 Å². The van der Waals surface area contributed by atoms with E-state index in [0.717, 1.165) is 28.4 Å². The largest absolute Gasteiger partial charge is 0.399 e. The molecule has 0 aliphatic carbocycles. The van der Waals surface area contributed by atoms with Crippen LogP contribution in [0.3, 0.4) is 0 Å². The molecular weight excluding hydrogens is 228 g/mol. The number of rotatable bonds is 1. The maximum Gasteiger partial charge on any atom is 0.166 e. The second kappa shape index (κ2) is 3.76. The van der Waals surface area contributed by atoms with Crippen LogP contribution in [0, 0.1) is 13.8 Å². The van der Waals surface area contributed by atoms with Crippen molar-refractivity contribution in [1.29, 1.82) is 0 Å². The van der Waals surface area contributed by atoms with E-state index >= 15 is 0 Å². The normalized spacial score (nSPS) is 11.0. The third-order valence-corrected chi connectivity index (χ3v) is 2.72. The zero-order valence-corrected chi connectivity index (χ0v) is 10.1. The zero-order valence-electron chi connectivity index (χ0n) is 10.1. The van der Waals surface area contributed by atoms with Gasteiger partial charge in [-0.25, -0.2) is 15.0 Å². The number of hydrogen-bond donors (Lipinski definition) is 1. The SMILES string of the molecule is Cc1nc(C)n(-c2ncnc3cc(N)ccc23)n1. The van der Waals surface area contributed by atoms with Gasteiger partial charge in [-0.2, -0.15) is 4.68 Å². The number of fused-ring (bicyclic) bond motifs is 1. The highest BCUT2D eigenvalue weighted by atomic mass is 15.4. The van der Waals surface area contributed by atoms with Gasteiger partial charge in [-0.1, -0.05) is 0 Å². The number of nitrogen functional groups attached to an aromatic ring is 1. The zero-order chi connectivity index (χ0) is 12.7. The molecule has 0 aliphatic rings. The topological polar surface area (TPSA) is 82.5 Å². The smallest absolute Gasteiger partial charge is 0.166 e. The molecule has 0 fully saturated rings. The Hall–Kier alpha value is -2.50. The van der Waals surface area contributed by atoms with Gasteiger partial charge in [-0.05, 0) is 32.0 Å². The summed E-state index contributed by atoms with van der Waals surface area (Å²) in [5.74, 6) is 2.23. The van der Waals surface area contributed by atoms with Gasteiger partial charge in [0.2, 0.25) is 0 Å². The summed E-state index contributed by atoms with van der Waals surface area (Å²) in [5.41, 5.74) is 7.23. The second-order valence-corrected chi connectivity index (χ2v) is 4.09. The first-order valence-corrected chi connectivity index (χ1v) is 5.56. The minimum Gasteiger partial charge on any atom is -0.399 e. The van der Waals surface area contributed by atoms with Crippen molar-refractivity contribution in [1.82, 2.24) is 24.7 Å². The van der Waals surface area contributed by atoms with Gasteiger partial charge < -0.3 is 5.73 Å². The van der Waals surface area contributed by atoms with Gasteiger partial charge >= 0.3 is 0 Å². The number of benzene rings is 1. The minimum absolute atomic E-state index is 0.679. The molecule has 2 heterocycles. The Labute approximate surface area is 104 Å². The molecule has 3 aromatic rings. The molecule has 0 aliphatic heterocycles. The average molecular weight is 240 g/mol. The fraction of sp³-hybridized carbons (Fsp3) is 0.167. The summed E-state index contributed by atoms with van der Waals surface area (Å²) in [4.78, 5) is 12.8. The first kappa shape index (κ1) is 10.6. The molecule has 6 heteroatoms. The second-order valence-electron chi connectivity index (χ2n) is 4.09. The van der Waals surface area contributed by atoms with Gasteiger partial charge in [-0.15, -0.1) is 5.10 Å². The van der Waals surface area contributed by atoms with E-state index in [2.05, 4.69) is 20.1 Å². The van der Waals surface area contributed by atoms with Gasteiger partial charge in [-0.3, -0.25) is 0 Å². The summed E-state index contributed by atoms with van der Waals surface area (Å²) in [7, 11) is 0. The molecule has 3 rings (SSSR count). The van der Waals surface area contributed by atoms with Crippen molar-refractivity contribution in [2.45, 2.75) is 13.8 Å². The maximum atomic E-state index is 5.75. The molecule has 1 aromatic carbocycles. The summed E-state index contributed by atoms with van der Waals surface area (Å²) < 4.78 is 1.72. The molecule has 6 nitrogen and oxygen atoms in total. The lowest BCUT2D eigenvalue weighted by atomic mass is 10.2. The number of aromatic nitrogens is 5. The number of nitrogens with zero attached hydrogens (tertiary/aromatic N) is 5. The molecule has 0 bridgehead atoms. The van der Waals surface area contributed by atoms with Gasteiger partial charge in [0.05, 0.1) is 5.52 Å². The highest BCUT2D eigenvalue weighted by molar-refractivity contribution is 5.87. The molecule has 90 valence electrons. The molecule has 18 heavy (non-hydrogen) atoms. The number of aryl methyl sites for hydroxylation is 2. The van der Waals surface area contributed by atoms with Crippen LogP contribution in [0.2, 0.25) is 0 Å². The number of hydrogen-bond acceptors (Lipinski definition) is 5. The summed E-state index contributed by atoms with van der Waals surface area (Å²) >= 11 is 0. The van der Waals surface area contributed by atoms with Crippen LogP contribution in [0.5, 0.6) is 0 Å². The molecule has 0 saturated carbocycles. The third-order valence-electron chi connectivity index (χ3n) is 2.72. The van der Waals surface area contributed by atoms with Crippen LogP contribution in [0.15, 0.2) is 24.5 Å². The first-order valence-electron chi connectivity index (χ1n) is 5.56. The molecular formula is C12H12N6. The monoisotopic (exact) mass is 240 g/mol. The van der Waals surface area contributed by atoms with E-state index in [1.54, 1.807) is 4.68 Å². The van der Waals surface area contributed by atoms with Crippen LogP contribution in [0.4, 0.5) is 5.69 Å². The fourth-order valence-electron chi connectivity index (χ4n) is 1.95. The number of nitrogens with two attached hydrogens (primary N) is 1. The van der Waals surface area contributed by atoms with Crippen LogP contribution in [0.1, 0.15) is 11.6 Å². The van der Waals surface area contributed by atoms with Gasteiger partial charge in [0, 0.05) is 11.1 Å². The van der Waals surface area contributed by atoms with Crippen molar-refractivity contribution in [3.63, 3.8) is 0 Å². The Morgan fingerprint density at radius 3 is 2.72 bits per heavy atom. The van der Waals surface area contributed by atoms with Crippen LogP contribution < -0.4 is 5.73 Å². The number of anilines is 1. The van der Waals surface area contributed by atoms with Gasteiger partial charge in [0.1, 0.15) is 18.0 Å². The van der Waals surface area contributed by atoms with Crippen LogP contribution in [0.25, 0.3) is 16.7 Å². The molecule has 0 atom stereocenters. The van der Waals surface area contributed by atoms with Crippen molar-refractivity contribution in [3.8, 4) is 5.82 Å². The average Bonchev–Trinajstić information content (AvgIpc) is 2.67. The van der Waals surface area contributed by atoms with Gasteiger partial charge in [0.15, 0.2) is 5.82 Å². The highest BCUT2D eigenvalue weighted by Crippen LogP contribution is 2.20. The lowest BCUT2D eigenvalue weighted by Crippen LogP contribution is -2.04. The summed E-state index contributed by atoms with van der Waals surface area (Å²) in [6, 6.07) is 5.55. The third kappa shape index (κ3) is 1.58. The van der Waals surface area contributed by atoms with Gasteiger partial charge in [0.25, 0.3) is 0 Å². The summed E-state index contributed by atoms with van der Waals surface area (Å²) in [6.45, 7) is 3.75. The lowest BCUT2D eigenvalue weighted by Gasteiger charge is -2.06. The Bertz CT molecular complexity index is 731. The van der Waals surface area contributed by atoms with Crippen molar-refractivity contribution in [3.05, 3.63) is 36.2 Å².